The lowest BCUT2D eigenvalue weighted by Crippen LogP contribution is -2.27. The van der Waals surface area contributed by atoms with Crippen LogP contribution < -0.4 is 11.1 Å². The first-order valence-electron chi connectivity index (χ1n) is 3.70. The average molecular weight is 190 g/mol. The first-order valence-corrected chi connectivity index (χ1v) is 4.11. The second-order valence-electron chi connectivity index (χ2n) is 2.31. The summed E-state index contributed by atoms with van der Waals surface area (Å²) in [4.78, 5) is 11.3. The molecule has 0 unspecified atom stereocenters. The minimum atomic E-state index is -0.0418. The van der Waals surface area contributed by atoms with E-state index in [0.29, 0.717) is 31.0 Å². The number of hydrogen-bond donors (Lipinski definition) is 2. The summed E-state index contributed by atoms with van der Waals surface area (Å²) in [6, 6.07) is 0. The number of methoxy groups -OCH3 is 1. The molecule has 0 atom stereocenters. The predicted molar refractivity (Wildman–Crippen MR) is 50.9 cm³/mol. The predicted octanol–water partition coefficient (Wildman–Crippen LogP) is -0.185. The van der Waals surface area contributed by atoms with Gasteiger partial charge in [0, 0.05) is 26.5 Å². The Bertz CT molecular complexity index is 161. The lowest BCUT2D eigenvalue weighted by atomic mass is 10.3. The standard InChI is InChI=1S/C7H14N2O2S/c1-11-5-4-9-7(10)3-2-6(8)12/h2-5H2,1H3,(H2,8,12)(H,9,10). The molecule has 0 bridgehead atoms. The van der Waals surface area contributed by atoms with Crippen LogP contribution in [0.2, 0.25) is 0 Å². The highest BCUT2D eigenvalue weighted by Crippen LogP contribution is 1.88. The molecular formula is C7H14N2O2S. The zero-order valence-electron chi connectivity index (χ0n) is 7.13. The summed E-state index contributed by atoms with van der Waals surface area (Å²) < 4.78 is 4.75. The fourth-order valence-corrected chi connectivity index (χ4v) is 0.720. The number of ether oxygens (including phenoxy) is 1. The zero-order valence-corrected chi connectivity index (χ0v) is 7.95. The molecule has 4 nitrogen and oxygen atoms in total. The van der Waals surface area contributed by atoms with E-state index < -0.39 is 0 Å². The maximum atomic E-state index is 10.9. The molecule has 0 aromatic rings. The van der Waals surface area contributed by atoms with Crippen LogP contribution in [-0.2, 0) is 9.53 Å². The fraction of sp³-hybridized carbons (Fsp3) is 0.714. The van der Waals surface area contributed by atoms with Crippen molar-refractivity contribution in [3.8, 4) is 0 Å². The molecule has 0 fully saturated rings. The Morgan fingerprint density at radius 2 is 2.25 bits per heavy atom. The van der Waals surface area contributed by atoms with Crippen molar-refractivity contribution in [1.82, 2.24) is 5.32 Å². The molecule has 0 spiro atoms. The van der Waals surface area contributed by atoms with E-state index in [1.54, 1.807) is 7.11 Å². The van der Waals surface area contributed by atoms with E-state index in [0.717, 1.165) is 0 Å². The molecule has 5 heteroatoms. The third-order valence-corrected chi connectivity index (χ3v) is 1.43. The van der Waals surface area contributed by atoms with Crippen LogP contribution in [-0.4, -0.2) is 31.2 Å². The van der Waals surface area contributed by atoms with Crippen LogP contribution in [0.4, 0.5) is 0 Å². The highest BCUT2D eigenvalue weighted by Gasteiger charge is 2.00. The van der Waals surface area contributed by atoms with Crippen LogP contribution in [0.3, 0.4) is 0 Å². The van der Waals surface area contributed by atoms with E-state index in [2.05, 4.69) is 17.5 Å². The largest absolute Gasteiger partial charge is 0.393 e. The van der Waals surface area contributed by atoms with Crippen molar-refractivity contribution in [3.05, 3.63) is 0 Å². The van der Waals surface area contributed by atoms with Crippen LogP contribution in [0.25, 0.3) is 0 Å². The highest BCUT2D eigenvalue weighted by molar-refractivity contribution is 7.80. The van der Waals surface area contributed by atoms with E-state index in [1.807, 2.05) is 0 Å². The van der Waals surface area contributed by atoms with Gasteiger partial charge in [-0.05, 0) is 0 Å². The average Bonchev–Trinajstić information content (AvgIpc) is 2.01. The SMILES string of the molecule is COCCNC(=O)CCC(N)=S. The molecule has 0 saturated carbocycles. The first-order chi connectivity index (χ1) is 5.66. The Balaban J connectivity index is 3.28. The smallest absolute Gasteiger partial charge is 0.220 e. The molecule has 3 N–H and O–H groups in total. The molecular weight excluding hydrogens is 176 g/mol. The van der Waals surface area contributed by atoms with Crippen LogP contribution in [0.1, 0.15) is 12.8 Å². The summed E-state index contributed by atoms with van der Waals surface area (Å²) in [6.45, 7) is 1.06. The first kappa shape index (κ1) is 11.3. The number of hydrogen-bond acceptors (Lipinski definition) is 3. The molecule has 0 radical (unpaired) electrons. The molecule has 0 aromatic heterocycles. The molecule has 1 amide bonds. The molecule has 0 aliphatic rings. The molecule has 12 heavy (non-hydrogen) atoms. The quantitative estimate of drug-likeness (QED) is 0.450. The number of carbonyl (C=O) groups is 1. The van der Waals surface area contributed by atoms with E-state index >= 15 is 0 Å². The Morgan fingerprint density at radius 1 is 1.58 bits per heavy atom. The van der Waals surface area contributed by atoms with Gasteiger partial charge in [-0.25, -0.2) is 0 Å². The normalized spacial score (nSPS) is 9.42. The lowest BCUT2D eigenvalue weighted by Gasteiger charge is -2.02. The summed E-state index contributed by atoms with van der Waals surface area (Å²) in [7, 11) is 1.58. The Kier molecular flexibility index (Phi) is 6.60. The minimum Gasteiger partial charge on any atom is -0.393 e. The van der Waals surface area contributed by atoms with Crippen molar-refractivity contribution < 1.29 is 9.53 Å². The summed E-state index contributed by atoms with van der Waals surface area (Å²) >= 11 is 4.62. The number of amides is 1. The zero-order chi connectivity index (χ0) is 9.40. The second-order valence-corrected chi connectivity index (χ2v) is 2.83. The topological polar surface area (TPSA) is 64.3 Å². The molecule has 0 aliphatic heterocycles. The van der Waals surface area contributed by atoms with Crippen molar-refractivity contribution in [2.24, 2.45) is 5.73 Å². The fourth-order valence-electron chi connectivity index (χ4n) is 0.618. The monoisotopic (exact) mass is 190 g/mol. The van der Waals surface area contributed by atoms with Gasteiger partial charge in [0.05, 0.1) is 11.6 Å². The Labute approximate surface area is 77.5 Å². The minimum absolute atomic E-state index is 0.0418. The highest BCUT2D eigenvalue weighted by atomic mass is 32.1. The van der Waals surface area contributed by atoms with Crippen LogP contribution in [0, 0.1) is 0 Å². The number of rotatable bonds is 6. The van der Waals surface area contributed by atoms with E-state index in [-0.39, 0.29) is 5.91 Å². The van der Waals surface area contributed by atoms with Gasteiger partial charge >= 0.3 is 0 Å². The van der Waals surface area contributed by atoms with Gasteiger partial charge in [-0.1, -0.05) is 12.2 Å². The molecule has 0 saturated heterocycles. The lowest BCUT2D eigenvalue weighted by molar-refractivity contribution is -0.121. The molecule has 0 aromatic carbocycles. The summed E-state index contributed by atoms with van der Waals surface area (Å²) in [5, 5.41) is 2.66. The van der Waals surface area contributed by atoms with Gasteiger partial charge in [-0.15, -0.1) is 0 Å². The number of nitrogens with one attached hydrogen (secondary N) is 1. The van der Waals surface area contributed by atoms with E-state index in [4.69, 9.17) is 10.5 Å². The van der Waals surface area contributed by atoms with Gasteiger partial charge in [0.25, 0.3) is 0 Å². The van der Waals surface area contributed by atoms with Crippen molar-refractivity contribution in [2.45, 2.75) is 12.8 Å². The summed E-state index contributed by atoms with van der Waals surface area (Å²) in [6.07, 6.45) is 0.827. The number of carbonyl (C=O) groups excluding carboxylic acids is 1. The number of thiocarbonyl (C=S) groups is 1. The molecule has 0 heterocycles. The van der Waals surface area contributed by atoms with Gasteiger partial charge in [0.2, 0.25) is 5.91 Å². The van der Waals surface area contributed by atoms with Crippen LogP contribution in [0.15, 0.2) is 0 Å². The third kappa shape index (κ3) is 7.43. The van der Waals surface area contributed by atoms with Crippen LogP contribution in [0.5, 0.6) is 0 Å². The Morgan fingerprint density at radius 3 is 2.75 bits per heavy atom. The third-order valence-electron chi connectivity index (χ3n) is 1.23. The molecule has 0 rings (SSSR count). The van der Waals surface area contributed by atoms with Crippen molar-refractivity contribution in [1.29, 1.82) is 0 Å². The maximum absolute atomic E-state index is 10.9. The van der Waals surface area contributed by atoms with Gasteiger partial charge in [0.15, 0.2) is 0 Å². The number of nitrogens with two attached hydrogens (primary N) is 1. The van der Waals surface area contributed by atoms with Crippen molar-refractivity contribution in [3.63, 3.8) is 0 Å². The molecule has 0 aliphatic carbocycles. The van der Waals surface area contributed by atoms with E-state index in [1.165, 1.54) is 0 Å². The summed E-state index contributed by atoms with van der Waals surface area (Å²) in [5.74, 6) is -0.0418. The van der Waals surface area contributed by atoms with Gasteiger partial charge in [-0.2, -0.15) is 0 Å². The summed E-state index contributed by atoms with van der Waals surface area (Å²) in [5.41, 5.74) is 5.22. The second kappa shape index (κ2) is 7.00. The van der Waals surface area contributed by atoms with E-state index in [9.17, 15) is 4.79 Å². The molecule has 70 valence electrons. The maximum Gasteiger partial charge on any atom is 0.220 e. The van der Waals surface area contributed by atoms with Crippen molar-refractivity contribution >= 4 is 23.1 Å². The van der Waals surface area contributed by atoms with Gasteiger partial charge < -0.3 is 15.8 Å². The van der Waals surface area contributed by atoms with Gasteiger partial charge in [0.1, 0.15) is 0 Å². The Hall–Kier alpha value is -0.680. The van der Waals surface area contributed by atoms with Crippen molar-refractivity contribution in [2.75, 3.05) is 20.3 Å². The van der Waals surface area contributed by atoms with Gasteiger partial charge in [-0.3, -0.25) is 4.79 Å². The van der Waals surface area contributed by atoms with Crippen LogP contribution >= 0.6 is 12.2 Å².